The largest absolute Gasteiger partial charge is 0.479 e. The van der Waals surface area contributed by atoms with Crippen LogP contribution in [0.25, 0.3) is 0 Å². The summed E-state index contributed by atoms with van der Waals surface area (Å²) in [4.78, 5) is 11.3. The van der Waals surface area contributed by atoms with Gasteiger partial charge in [-0.25, -0.2) is 4.79 Å². The summed E-state index contributed by atoms with van der Waals surface area (Å²) in [5.41, 5.74) is 0. The van der Waals surface area contributed by atoms with Crippen LogP contribution >= 0.6 is 0 Å². The normalized spacial score (nSPS) is 16.2. The zero-order valence-corrected chi connectivity index (χ0v) is 14.1. The first-order chi connectivity index (χ1) is 8.51. The Labute approximate surface area is 117 Å². The molecule has 19 heavy (non-hydrogen) atoms. The van der Waals surface area contributed by atoms with Crippen molar-refractivity contribution in [3.8, 4) is 0 Å². The summed E-state index contributed by atoms with van der Waals surface area (Å²) in [6.45, 7) is 12.6. The van der Waals surface area contributed by atoms with Crippen molar-refractivity contribution in [3.63, 3.8) is 0 Å². The Balaban J connectivity index is 4.55. The van der Waals surface area contributed by atoms with Gasteiger partial charge in [0.15, 0.2) is 14.4 Å². The molecule has 0 fully saturated rings. The van der Waals surface area contributed by atoms with Crippen LogP contribution in [0.2, 0.25) is 18.1 Å². The van der Waals surface area contributed by atoms with Gasteiger partial charge in [0.05, 0.1) is 19.3 Å². The van der Waals surface area contributed by atoms with E-state index in [1.165, 1.54) is 0 Å². The van der Waals surface area contributed by atoms with Crippen molar-refractivity contribution in [1.29, 1.82) is 0 Å². The Morgan fingerprint density at radius 3 is 2.16 bits per heavy atom. The quantitative estimate of drug-likeness (QED) is 0.696. The van der Waals surface area contributed by atoms with Crippen LogP contribution in [0.5, 0.6) is 0 Å². The van der Waals surface area contributed by atoms with Gasteiger partial charge >= 0.3 is 5.97 Å². The summed E-state index contributed by atoms with van der Waals surface area (Å²) in [6.07, 6.45) is -1.06. The first-order valence-electron chi connectivity index (χ1n) is 6.52. The molecule has 0 radical (unpaired) electrons. The summed E-state index contributed by atoms with van der Waals surface area (Å²) in [5, 5.41) is 9.20. The standard InChI is InChI=1S/C13H28O5Si/c1-10(8-16-5)17-9-11(12(14)15)18-19(6,7)13(2,3)4/h10-11H,8-9H2,1-7H3,(H,14,15). The first-order valence-corrected chi connectivity index (χ1v) is 9.43. The van der Waals surface area contributed by atoms with Crippen molar-refractivity contribution in [3.05, 3.63) is 0 Å². The Hall–Kier alpha value is -0.433. The van der Waals surface area contributed by atoms with Gasteiger partial charge in [-0.3, -0.25) is 0 Å². The van der Waals surface area contributed by atoms with Crippen LogP contribution in [-0.4, -0.2) is 51.9 Å². The van der Waals surface area contributed by atoms with Crippen LogP contribution < -0.4 is 0 Å². The molecule has 1 N–H and O–H groups in total. The number of methoxy groups -OCH3 is 1. The summed E-state index contributed by atoms with van der Waals surface area (Å²) in [7, 11) is -0.529. The maximum absolute atomic E-state index is 11.3. The fraction of sp³-hybridized carbons (Fsp3) is 0.923. The van der Waals surface area contributed by atoms with Crippen molar-refractivity contribution in [2.75, 3.05) is 20.3 Å². The second-order valence-corrected chi connectivity index (χ2v) is 11.1. The molecule has 2 atom stereocenters. The molecule has 0 aromatic rings. The van der Waals surface area contributed by atoms with E-state index in [0.717, 1.165) is 0 Å². The highest BCUT2D eigenvalue weighted by molar-refractivity contribution is 6.74. The zero-order chi connectivity index (χ0) is 15.3. The second-order valence-electron chi connectivity index (χ2n) is 6.30. The number of rotatable bonds is 8. The molecule has 2 unspecified atom stereocenters. The minimum absolute atomic E-state index is 0.0289. The highest BCUT2D eigenvalue weighted by Crippen LogP contribution is 2.37. The van der Waals surface area contributed by atoms with Crippen LogP contribution in [0.4, 0.5) is 0 Å². The fourth-order valence-corrected chi connectivity index (χ4v) is 2.46. The molecule has 0 bridgehead atoms. The Kier molecular flexibility index (Phi) is 7.21. The van der Waals surface area contributed by atoms with E-state index in [-0.39, 0.29) is 17.7 Å². The number of aliphatic carboxylic acids is 1. The molecule has 6 heteroatoms. The third-order valence-electron chi connectivity index (χ3n) is 3.45. The average Bonchev–Trinajstić information content (AvgIpc) is 2.22. The molecule has 0 aliphatic rings. The molecule has 0 saturated heterocycles. The van der Waals surface area contributed by atoms with Crippen LogP contribution in [0, 0.1) is 0 Å². The minimum atomic E-state index is -2.11. The molecular weight excluding hydrogens is 264 g/mol. The van der Waals surface area contributed by atoms with E-state index in [0.29, 0.717) is 6.61 Å². The average molecular weight is 292 g/mol. The molecule has 0 aliphatic heterocycles. The van der Waals surface area contributed by atoms with Crippen molar-refractivity contribution < 1.29 is 23.8 Å². The summed E-state index contributed by atoms with van der Waals surface area (Å²) < 4.78 is 16.3. The number of hydrogen-bond acceptors (Lipinski definition) is 4. The lowest BCUT2D eigenvalue weighted by Crippen LogP contribution is -2.47. The van der Waals surface area contributed by atoms with Gasteiger partial charge in [0, 0.05) is 7.11 Å². The number of hydrogen-bond donors (Lipinski definition) is 1. The summed E-state index contributed by atoms with van der Waals surface area (Å²) in [5.74, 6) is -0.977. The fourth-order valence-electron chi connectivity index (χ4n) is 1.22. The minimum Gasteiger partial charge on any atom is -0.479 e. The van der Waals surface area contributed by atoms with E-state index in [1.807, 2.05) is 20.0 Å². The van der Waals surface area contributed by atoms with Crippen molar-refractivity contribution in [2.24, 2.45) is 0 Å². The first kappa shape index (κ1) is 18.6. The monoisotopic (exact) mass is 292 g/mol. The molecule has 0 saturated carbocycles. The third kappa shape index (κ3) is 6.51. The molecule has 5 nitrogen and oxygen atoms in total. The molecule has 0 aromatic heterocycles. The Bertz CT molecular complexity index is 285. The van der Waals surface area contributed by atoms with E-state index in [2.05, 4.69) is 20.8 Å². The van der Waals surface area contributed by atoms with Gasteiger partial charge in [0.2, 0.25) is 0 Å². The van der Waals surface area contributed by atoms with Gasteiger partial charge in [-0.15, -0.1) is 0 Å². The molecule has 0 aromatic carbocycles. The van der Waals surface area contributed by atoms with Gasteiger partial charge in [0.25, 0.3) is 0 Å². The third-order valence-corrected chi connectivity index (χ3v) is 7.94. The number of carboxylic acids is 1. The maximum atomic E-state index is 11.3. The van der Waals surface area contributed by atoms with E-state index >= 15 is 0 Å². The molecule has 0 amide bonds. The van der Waals surface area contributed by atoms with Crippen LogP contribution in [0.15, 0.2) is 0 Å². The maximum Gasteiger partial charge on any atom is 0.334 e. The van der Waals surface area contributed by atoms with Gasteiger partial charge in [-0.2, -0.15) is 0 Å². The highest BCUT2D eigenvalue weighted by atomic mass is 28.4. The lowest BCUT2D eigenvalue weighted by atomic mass is 10.2. The van der Waals surface area contributed by atoms with E-state index in [9.17, 15) is 9.90 Å². The topological polar surface area (TPSA) is 65.0 Å². The smallest absolute Gasteiger partial charge is 0.334 e. The van der Waals surface area contributed by atoms with Crippen LogP contribution in [0.1, 0.15) is 27.7 Å². The Morgan fingerprint density at radius 2 is 1.79 bits per heavy atom. The van der Waals surface area contributed by atoms with Gasteiger partial charge < -0.3 is 19.0 Å². The molecular formula is C13H28O5Si. The number of carbonyl (C=O) groups is 1. The van der Waals surface area contributed by atoms with E-state index in [1.54, 1.807) is 7.11 Å². The Morgan fingerprint density at radius 1 is 1.26 bits per heavy atom. The highest BCUT2D eigenvalue weighted by Gasteiger charge is 2.40. The predicted molar refractivity (Wildman–Crippen MR) is 77.0 cm³/mol. The van der Waals surface area contributed by atoms with Crippen molar-refractivity contribution >= 4 is 14.3 Å². The predicted octanol–water partition coefficient (Wildman–Crippen LogP) is 2.51. The molecule has 0 rings (SSSR count). The van der Waals surface area contributed by atoms with Crippen molar-refractivity contribution in [2.45, 2.75) is 58.0 Å². The molecule has 0 spiro atoms. The lowest BCUT2D eigenvalue weighted by molar-refractivity contribution is -0.150. The van der Waals surface area contributed by atoms with E-state index in [4.69, 9.17) is 13.9 Å². The van der Waals surface area contributed by atoms with E-state index < -0.39 is 20.4 Å². The lowest BCUT2D eigenvalue weighted by Gasteiger charge is -2.38. The van der Waals surface area contributed by atoms with Crippen LogP contribution in [-0.2, 0) is 18.7 Å². The molecule has 0 heterocycles. The zero-order valence-electron chi connectivity index (χ0n) is 13.1. The number of ether oxygens (including phenoxy) is 2. The van der Waals surface area contributed by atoms with Crippen molar-refractivity contribution in [1.82, 2.24) is 0 Å². The second kappa shape index (κ2) is 7.38. The van der Waals surface area contributed by atoms with Gasteiger partial charge in [-0.05, 0) is 25.1 Å². The van der Waals surface area contributed by atoms with Gasteiger partial charge in [-0.1, -0.05) is 20.8 Å². The molecule has 114 valence electrons. The summed E-state index contributed by atoms with van der Waals surface area (Å²) in [6, 6.07) is 0. The number of carboxylic acid groups (broad SMARTS) is 1. The molecule has 0 aliphatic carbocycles. The van der Waals surface area contributed by atoms with Crippen LogP contribution in [0.3, 0.4) is 0 Å². The summed E-state index contributed by atoms with van der Waals surface area (Å²) >= 11 is 0. The SMILES string of the molecule is COCC(C)OCC(O[Si](C)(C)C(C)(C)C)C(=O)O. The van der Waals surface area contributed by atoms with Gasteiger partial charge in [0.1, 0.15) is 0 Å².